The lowest BCUT2D eigenvalue weighted by Crippen LogP contribution is -2.42. The number of carbonyl (C=O) groups excluding carboxylic acids is 1. The molecule has 1 fully saturated rings. The van der Waals surface area contributed by atoms with Crippen molar-refractivity contribution < 1.29 is 27.4 Å². The Morgan fingerprint density at radius 1 is 1.17 bits per heavy atom. The molecular weight excluding hydrogens is 311 g/mol. The molecule has 0 aliphatic carbocycles. The first kappa shape index (κ1) is 16.1. The number of benzene rings is 1. The topological polar surface area (TPSA) is 38.8 Å². The van der Waals surface area contributed by atoms with Crippen molar-refractivity contribution in [3.8, 4) is 5.75 Å². The van der Waals surface area contributed by atoms with Gasteiger partial charge in [-0.25, -0.2) is 0 Å². The molecule has 0 aromatic heterocycles. The van der Waals surface area contributed by atoms with Gasteiger partial charge in [0.2, 0.25) is 5.91 Å². The molecule has 23 heavy (non-hydrogen) atoms. The van der Waals surface area contributed by atoms with Crippen molar-refractivity contribution in [1.29, 1.82) is 0 Å². The van der Waals surface area contributed by atoms with Crippen LogP contribution in [-0.4, -0.2) is 32.3 Å². The van der Waals surface area contributed by atoms with Gasteiger partial charge in [-0.15, -0.1) is 0 Å². The Labute approximate surface area is 132 Å². The van der Waals surface area contributed by atoms with E-state index in [-0.39, 0.29) is 36.4 Å². The van der Waals surface area contributed by atoms with Gasteiger partial charge in [0.25, 0.3) is 0 Å². The van der Waals surface area contributed by atoms with E-state index < -0.39 is 11.7 Å². The van der Waals surface area contributed by atoms with Crippen LogP contribution < -0.4 is 9.64 Å². The highest BCUT2D eigenvalue weighted by Crippen LogP contribution is 2.43. The van der Waals surface area contributed by atoms with Crippen molar-refractivity contribution in [2.24, 2.45) is 5.92 Å². The fraction of sp³-hybridized carbons (Fsp3) is 0.562. The van der Waals surface area contributed by atoms with E-state index in [2.05, 4.69) is 0 Å². The maximum Gasteiger partial charge on any atom is 0.420 e. The molecule has 0 spiro atoms. The fourth-order valence-electron chi connectivity index (χ4n) is 3.07. The van der Waals surface area contributed by atoms with Crippen LogP contribution in [0.4, 0.5) is 18.9 Å². The van der Waals surface area contributed by atoms with E-state index in [1.54, 1.807) is 0 Å². The minimum atomic E-state index is -4.51. The standard InChI is InChI=1S/C16H18F3NO3/c17-16(18,19)12-4-1-5-13-14(12)23-10-7-20(13)15(21)11-3-2-8-22-9-6-11/h1,4-5,11H,2-3,6-10H2. The number of para-hydroxylation sites is 1. The molecule has 0 bridgehead atoms. The Morgan fingerprint density at radius 3 is 2.78 bits per heavy atom. The Kier molecular flexibility index (Phi) is 4.48. The summed E-state index contributed by atoms with van der Waals surface area (Å²) in [6.45, 7) is 1.47. The van der Waals surface area contributed by atoms with Gasteiger partial charge in [0.05, 0.1) is 17.8 Å². The van der Waals surface area contributed by atoms with Crippen molar-refractivity contribution in [2.75, 3.05) is 31.3 Å². The lowest BCUT2D eigenvalue weighted by atomic mass is 9.98. The number of ether oxygens (including phenoxy) is 2. The number of fused-ring (bicyclic) bond motifs is 1. The quantitative estimate of drug-likeness (QED) is 0.794. The number of alkyl halides is 3. The minimum absolute atomic E-state index is 0.0645. The number of anilines is 1. The summed E-state index contributed by atoms with van der Waals surface area (Å²) in [6.07, 6.45) is -2.42. The molecule has 2 heterocycles. The lowest BCUT2D eigenvalue weighted by Gasteiger charge is -2.33. The molecule has 1 amide bonds. The molecule has 1 aromatic rings. The monoisotopic (exact) mass is 329 g/mol. The van der Waals surface area contributed by atoms with Crippen LogP contribution >= 0.6 is 0 Å². The maximum absolute atomic E-state index is 13.1. The van der Waals surface area contributed by atoms with Crippen molar-refractivity contribution in [3.05, 3.63) is 23.8 Å². The third-order valence-corrected chi connectivity index (χ3v) is 4.22. The van der Waals surface area contributed by atoms with Crippen molar-refractivity contribution in [3.63, 3.8) is 0 Å². The number of carbonyl (C=O) groups is 1. The number of hydrogen-bond acceptors (Lipinski definition) is 3. The maximum atomic E-state index is 13.1. The molecule has 1 atom stereocenters. The highest BCUT2D eigenvalue weighted by atomic mass is 19.4. The first-order valence-electron chi connectivity index (χ1n) is 7.70. The molecule has 1 saturated heterocycles. The second-order valence-corrected chi connectivity index (χ2v) is 5.73. The van der Waals surface area contributed by atoms with Gasteiger partial charge in [0.1, 0.15) is 6.61 Å². The van der Waals surface area contributed by atoms with E-state index in [1.807, 2.05) is 0 Å². The summed E-state index contributed by atoms with van der Waals surface area (Å²) in [5.74, 6) is -0.596. The number of hydrogen-bond donors (Lipinski definition) is 0. The molecule has 1 aromatic carbocycles. The highest BCUT2D eigenvalue weighted by molar-refractivity contribution is 5.97. The molecule has 1 unspecified atom stereocenters. The average Bonchev–Trinajstić information content (AvgIpc) is 2.81. The Balaban J connectivity index is 1.91. The predicted octanol–water partition coefficient (Wildman–Crippen LogP) is 3.25. The zero-order valence-corrected chi connectivity index (χ0v) is 12.6. The van der Waals surface area contributed by atoms with Crippen LogP contribution in [0.15, 0.2) is 18.2 Å². The summed E-state index contributed by atoms with van der Waals surface area (Å²) >= 11 is 0. The molecule has 3 rings (SSSR count). The van der Waals surface area contributed by atoms with Crippen LogP contribution in [0.25, 0.3) is 0 Å². The van der Waals surface area contributed by atoms with Crippen LogP contribution in [0.1, 0.15) is 24.8 Å². The van der Waals surface area contributed by atoms with Crippen LogP contribution in [-0.2, 0) is 15.7 Å². The first-order chi connectivity index (χ1) is 11.0. The van der Waals surface area contributed by atoms with Gasteiger partial charge >= 0.3 is 6.18 Å². The van der Waals surface area contributed by atoms with Gasteiger partial charge in [-0.2, -0.15) is 13.2 Å². The Hall–Kier alpha value is -1.76. The number of nitrogens with zero attached hydrogens (tertiary/aromatic N) is 1. The van der Waals surface area contributed by atoms with Gasteiger partial charge in [-0.05, 0) is 31.4 Å². The summed E-state index contributed by atoms with van der Waals surface area (Å²) in [4.78, 5) is 14.2. The van der Waals surface area contributed by atoms with E-state index in [9.17, 15) is 18.0 Å². The fourth-order valence-corrected chi connectivity index (χ4v) is 3.07. The molecule has 0 saturated carbocycles. The zero-order valence-electron chi connectivity index (χ0n) is 12.6. The molecule has 2 aliphatic heterocycles. The van der Waals surface area contributed by atoms with Crippen LogP contribution in [0, 0.1) is 5.92 Å². The smallest absolute Gasteiger partial charge is 0.420 e. The van der Waals surface area contributed by atoms with Crippen LogP contribution in [0.2, 0.25) is 0 Å². The number of amides is 1. The van der Waals surface area contributed by atoms with Gasteiger partial charge < -0.3 is 14.4 Å². The second-order valence-electron chi connectivity index (χ2n) is 5.73. The molecule has 7 heteroatoms. The van der Waals surface area contributed by atoms with E-state index in [1.165, 1.54) is 17.0 Å². The summed E-state index contributed by atoms with van der Waals surface area (Å²) in [5, 5.41) is 0. The van der Waals surface area contributed by atoms with E-state index in [0.717, 1.165) is 12.5 Å². The van der Waals surface area contributed by atoms with Gasteiger partial charge in [-0.3, -0.25) is 4.79 Å². The largest absolute Gasteiger partial charge is 0.489 e. The minimum Gasteiger partial charge on any atom is -0.489 e. The molecular formula is C16H18F3NO3. The summed E-state index contributed by atoms with van der Waals surface area (Å²) in [6, 6.07) is 3.80. The van der Waals surface area contributed by atoms with Crippen LogP contribution in [0.3, 0.4) is 0 Å². The van der Waals surface area contributed by atoms with Crippen molar-refractivity contribution in [1.82, 2.24) is 0 Å². The average molecular weight is 329 g/mol. The van der Waals surface area contributed by atoms with Gasteiger partial charge in [-0.1, -0.05) is 6.07 Å². The third-order valence-electron chi connectivity index (χ3n) is 4.22. The van der Waals surface area contributed by atoms with Crippen molar-refractivity contribution in [2.45, 2.75) is 25.4 Å². The predicted molar refractivity (Wildman–Crippen MR) is 77.5 cm³/mol. The van der Waals surface area contributed by atoms with E-state index in [0.29, 0.717) is 26.1 Å². The SMILES string of the molecule is O=C(C1CCCOCC1)N1CCOc2c1cccc2C(F)(F)F. The highest BCUT2D eigenvalue weighted by Gasteiger charge is 2.39. The molecule has 2 aliphatic rings. The zero-order chi connectivity index (χ0) is 16.4. The molecule has 4 nitrogen and oxygen atoms in total. The summed E-state index contributed by atoms with van der Waals surface area (Å²) < 4.78 is 49.9. The number of halogens is 3. The molecule has 0 radical (unpaired) electrons. The molecule has 126 valence electrons. The number of rotatable bonds is 1. The summed E-state index contributed by atoms with van der Waals surface area (Å²) in [5.41, 5.74) is -0.627. The van der Waals surface area contributed by atoms with Crippen molar-refractivity contribution >= 4 is 11.6 Å². The first-order valence-corrected chi connectivity index (χ1v) is 7.70. The van der Waals surface area contributed by atoms with E-state index in [4.69, 9.17) is 9.47 Å². The van der Waals surface area contributed by atoms with Gasteiger partial charge in [0.15, 0.2) is 5.75 Å². The van der Waals surface area contributed by atoms with Gasteiger partial charge in [0, 0.05) is 19.1 Å². The van der Waals surface area contributed by atoms with E-state index >= 15 is 0 Å². The Bertz CT molecular complexity index is 580. The third kappa shape index (κ3) is 3.29. The van der Waals surface area contributed by atoms with Crippen LogP contribution in [0.5, 0.6) is 5.75 Å². The lowest BCUT2D eigenvalue weighted by molar-refractivity contribution is -0.139. The second kappa shape index (κ2) is 6.39. The molecule has 0 N–H and O–H groups in total. The normalized spacial score (nSPS) is 22.0. The Morgan fingerprint density at radius 2 is 2.00 bits per heavy atom. The summed E-state index contributed by atoms with van der Waals surface area (Å²) in [7, 11) is 0.